The van der Waals surface area contributed by atoms with E-state index in [0.29, 0.717) is 25.0 Å². The van der Waals surface area contributed by atoms with Gasteiger partial charge in [-0.3, -0.25) is 4.90 Å². The number of nitrogens with one attached hydrogen (secondary N) is 1. The van der Waals surface area contributed by atoms with E-state index in [-0.39, 0.29) is 12.4 Å². The van der Waals surface area contributed by atoms with Crippen molar-refractivity contribution in [2.75, 3.05) is 45.5 Å². The van der Waals surface area contributed by atoms with Crippen molar-refractivity contribution in [3.63, 3.8) is 0 Å². The maximum absolute atomic E-state index is 11.7. The minimum absolute atomic E-state index is 0. The van der Waals surface area contributed by atoms with E-state index in [1.54, 1.807) is 4.31 Å². The molecule has 2 heterocycles. The molecule has 0 aliphatic carbocycles. The van der Waals surface area contributed by atoms with Crippen LogP contribution in [0.25, 0.3) is 0 Å². The van der Waals surface area contributed by atoms with E-state index in [1.165, 1.54) is 19.1 Å². The highest BCUT2D eigenvalue weighted by molar-refractivity contribution is 7.88. The predicted molar refractivity (Wildman–Crippen MR) is 89.5 cm³/mol. The van der Waals surface area contributed by atoms with Gasteiger partial charge in [0.1, 0.15) is 0 Å². The van der Waals surface area contributed by atoms with Crippen LogP contribution < -0.4 is 5.32 Å². The lowest BCUT2D eigenvalue weighted by Crippen LogP contribution is -2.46. The molecule has 0 aromatic rings. The second kappa shape index (κ2) is 8.67. The molecule has 0 amide bonds. The molecule has 0 aromatic heterocycles. The molecule has 2 aliphatic heterocycles. The first-order valence-electron chi connectivity index (χ1n) is 7.90. The summed E-state index contributed by atoms with van der Waals surface area (Å²) in [7, 11) is -3.02. The molecule has 2 fully saturated rings. The first-order valence-corrected chi connectivity index (χ1v) is 9.75. The van der Waals surface area contributed by atoms with Gasteiger partial charge >= 0.3 is 0 Å². The fourth-order valence-electron chi connectivity index (χ4n) is 3.47. The number of hydrogen-bond donors (Lipinski definition) is 1. The molecular weight excluding hydrogens is 310 g/mol. The molecule has 0 bridgehead atoms. The fraction of sp³-hybridized carbons (Fsp3) is 1.00. The van der Waals surface area contributed by atoms with Gasteiger partial charge in [-0.15, -0.1) is 12.4 Å². The molecule has 126 valence electrons. The summed E-state index contributed by atoms with van der Waals surface area (Å²) >= 11 is 0. The summed E-state index contributed by atoms with van der Waals surface area (Å²) in [5.41, 5.74) is 0. The first kappa shape index (κ1) is 19.2. The lowest BCUT2D eigenvalue weighted by molar-refractivity contribution is 0.144. The maximum atomic E-state index is 11.7. The summed E-state index contributed by atoms with van der Waals surface area (Å²) in [6.45, 7) is 8.01. The Morgan fingerprint density at radius 2 is 2.10 bits per heavy atom. The SMILES string of the molecule is CCCN(CC1CCCN(S(C)(=O)=O)C1)C1CCNC1.Cl. The highest BCUT2D eigenvalue weighted by atomic mass is 35.5. The average molecular weight is 340 g/mol. The third-order valence-corrected chi connectivity index (χ3v) is 5.77. The smallest absolute Gasteiger partial charge is 0.211 e. The Balaban J connectivity index is 0.00000220. The van der Waals surface area contributed by atoms with Crippen LogP contribution in [-0.4, -0.2) is 69.2 Å². The van der Waals surface area contributed by atoms with Crippen molar-refractivity contribution in [3.05, 3.63) is 0 Å². The molecule has 21 heavy (non-hydrogen) atoms. The normalized spacial score (nSPS) is 27.8. The predicted octanol–water partition coefficient (Wildman–Crippen LogP) is 1.15. The number of rotatable bonds is 6. The summed E-state index contributed by atoms with van der Waals surface area (Å²) in [4.78, 5) is 2.58. The Labute approximate surface area is 135 Å². The second-order valence-electron chi connectivity index (χ2n) is 6.27. The molecule has 2 rings (SSSR count). The van der Waals surface area contributed by atoms with Gasteiger partial charge in [0.05, 0.1) is 6.26 Å². The van der Waals surface area contributed by atoms with Crippen molar-refractivity contribution in [2.45, 2.75) is 38.6 Å². The van der Waals surface area contributed by atoms with Crippen molar-refractivity contribution in [2.24, 2.45) is 5.92 Å². The zero-order chi connectivity index (χ0) is 14.6. The van der Waals surface area contributed by atoms with Crippen LogP contribution in [0.3, 0.4) is 0 Å². The van der Waals surface area contributed by atoms with Crippen molar-refractivity contribution < 1.29 is 8.42 Å². The molecule has 2 atom stereocenters. The van der Waals surface area contributed by atoms with Crippen LogP contribution in [0, 0.1) is 5.92 Å². The minimum atomic E-state index is -3.02. The summed E-state index contributed by atoms with van der Waals surface area (Å²) in [5, 5.41) is 3.43. The Morgan fingerprint density at radius 1 is 1.33 bits per heavy atom. The van der Waals surface area contributed by atoms with Gasteiger partial charge in [0, 0.05) is 32.2 Å². The van der Waals surface area contributed by atoms with E-state index < -0.39 is 10.0 Å². The van der Waals surface area contributed by atoms with Crippen molar-refractivity contribution >= 4 is 22.4 Å². The van der Waals surface area contributed by atoms with Crippen molar-refractivity contribution in [3.8, 4) is 0 Å². The average Bonchev–Trinajstić information content (AvgIpc) is 2.91. The maximum Gasteiger partial charge on any atom is 0.211 e. The van der Waals surface area contributed by atoms with Gasteiger partial charge in [-0.2, -0.15) is 0 Å². The Morgan fingerprint density at radius 3 is 2.67 bits per heavy atom. The first-order chi connectivity index (χ1) is 9.50. The number of hydrogen-bond acceptors (Lipinski definition) is 4. The van der Waals surface area contributed by atoms with Gasteiger partial charge in [-0.1, -0.05) is 6.92 Å². The van der Waals surface area contributed by atoms with E-state index in [1.807, 2.05) is 0 Å². The van der Waals surface area contributed by atoms with Crippen molar-refractivity contribution in [1.29, 1.82) is 0 Å². The minimum Gasteiger partial charge on any atom is -0.315 e. The summed E-state index contributed by atoms with van der Waals surface area (Å²) in [6.07, 6.45) is 5.88. The Hall–Kier alpha value is 0.120. The van der Waals surface area contributed by atoms with Gasteiger partial charge in [0.15, 0.2) is 0 Å². The van der Waals surface area contributed by atoms with Crippen LogP contribution in [0.15, 0.2) is 0 Å². The van der Waals surface area contributed by atoms with Crippen LogP contribution in [-0.2, 0) is 10.0 Å². The van der Waals surface area contributed by atoms with Crippen molar-refractivity contribution in [1.82, 2.24) is 14.5 Å². The third-order valence-electron chi connectivity index (χ3n) is 4.50. The molecular formula is C14H30ClN3O2S. The lowest BCUT2D eigenvalue weighted by Gasteiger charge is -2.36. The molecule has 7 heteroatoms. The molecule has 0 radical (unpaired) electrons. The highest BCUT2D eigenvalue weighted by Gasteiger charge is 2.29. The molecule has 0 spiro atoms. The zero-order valence-electron chi connectivity index (χ0n) is 13.3. The summed E-state index contributed by atoms with van der Waals surface area (Å²) < 4.78 is 25.1. The summed E-state index contributed by atoms with van der Waals surface area (Å²) in [5.74, 6) is 0.491. The molecule has 5 nitrogen and oxygen atoms in total. The van der Waals surface area contributed by atoms with Crippen LogP contribution in [0.4, 0.5) is 0 Å². The van der Waals surface area contributed by atoms with Crippen LogP contribution in [0.1, 0.15) is 32.6 Å². The number of nitrogens with zero attached hydrogens (tertiary/aromatic N) is 2. The van der Waals surface area contributed by atoms with Gasteiger partial charge in [0.25, 0.3) is 0 Å². The molecule has 1 N–H and O–H groups in total. The fourth-order valence-corrected chi connectivity index (χ4v) is 4.41. The van der Waals surface area contributed by atoms with Crippen LogP contribution in [0.2, 0.25) is 0 Å². The van der Waals surface area contributed by atoms with Crippen LogP contribution >= 0.6 is 12.4 Å². The molecule has 2 aliphatic rings. The second-order valence-corrected chi connectivity index (χ2v) is 8.25. The highest BCUT2D eigenvalue weighted by Crippen LogP contribution is 2.21. The molecule has 2 unspecified atom stereocenters. The van der Waals surface area contributed by atoms with E-state index in [9.17, 15) is 8.42 Å². The number of sulfonamides is 1. The topological polar surface area (TPSA) is 52.7 Å². The van der Waals surface area contributed by atoms with E-state index in [2.05, 4.69) is 17.1 Å². The number of halogens is 1. The number of piperidine rings is 1. The Bertz CT molecular complexity index is 399. The van der Waals surface area contributed by atoms with Crippen LogP contribution in [0.5, 0.6) is 0 Å². The summed E-state index contributed by atoms with van der Waals surface area (Å²) in [6, 6.07) is 0.642. The lowest BCUT2D eigenvalue weighted by atomic mass is 9.98. The van der Waals surface area contributed by atoms with E-state index >= 15 is 0 Å². The van der Waals surface area contributed by atoms with Gasteiger partial charge in [-0.25, -0.2) is 12.7 Å². The zero-order valence-corrected chi connectivity index (χ0v) is 14.9. The quantitative estimate of drug-likeness (QED) is 0.789. The third kappa shape index (κ3) is 5.67. The Kier molecular flexibility index (Phi) is 7.92. The van der Waals surface area contributed by atoms with E-state index in [0.717, 1.165) is 39.0 Å². The van der Waals surface area contributed by atoms with Gasteiger partial charge < -0.3 is 5.32 Å². The van der Waals surface area contributed by atoms with Gasteiger partial charge in [-0.05, 0) is 44.7 Å². The monoisotopic (exact) mass is 339 g/mol. The largest absolute Gasteiger partial charge is 0.315 e. The van der Waals surface area contributed by atoms with E-state index in [4.69, 9.17) is 0 Å². The molecule has 0 saturated carbocycles. The molecule has 2 saturated heterocycles. The van der Waals surface area contributed by atoms with Gasteiger partial charge in [0.2, 0.25) is 10.0 Å². The molecule has 0 aromatic carbocycles. The standard InChI is InChI=1S/C14H29N3O2S.ClH/c1-3-8-16(14-6-7-15-10-14)11-13-5-4-9-17(12-13)20(2,18)19;/h13-15H,3-12H2,1-2H3;1H.